The number of methoxy groups -OCH3 is 1. The summed E-state index contributed by atoms with van der Waals surface area (Å²) in [6, 6.07) is 0. The highest BCUT2D eigenvalue weighted by atomic mass is 16.5. The van der Waals surface area contributed by atoms with Gasteiger partial charge in [-0.1, -0.05) is 26.2 Å². The maximum atomic E-state index is 12.8. The summed E-state index contributed by atoms with van der Waals surface area (Å²) < 4.78 is 7.09. The number of ether oxygens (including phenoxy) is 1. The molecule has 1 aliphatic carbocycles. The molecule has 1 saturated carbocycles. The number of carbonyl (C=O) groups excluding carboxylic acids is 1. The highest BCUT2D eigenvalue weighted by molar-refractivity contribution is 5.97. The SMILES string of the molecule is CCCn1ncc(OC)c1C(=O)CC1(CN)CCCCC1. The molecule has 1 fully saturated rings. The van der Waals surface area contributed by atoms with Gasteiger partial charge in [0.05, 0.1) is 13.3 Å². The van der Waals surface area contributed by atoms with Crippen LogP contribution in [0, 0.1) is 5.41 Å². The van der Waals surface area contributed by atoms with Crippen LogP contribution in [0.15, 0.2) is 6.20 Å². The van der Waals surface area contributed by atoms with Gasteiger partial charge in [0, 0.05) is 13.0 Å². The third kappa shape index (κ3) is 3.46. The zero-order chi connectivity index (χ0) is 15.3. The Hall–Kier alpha value is -1.36. The smallest absolute Gasteiger partial charge is 0.185 e. The van der Waals surface area contributed by atoms with E-state index in [-0.39, 0.29) is 11.2 Å². The Bertz CT molecular complexity index is 476. The van der Waals surface area contributed by atoms with Gasteiger partial charge < -0.3 is 10.5 Å². The highest BCUT2D eigenvalue weighted by Gasteiger charge is 2.35. The second-order valence-electron chi connectivity index (χ2n) is 6.15. The van der Waals surface area contributed by atoms with Crippen molar-refractivity contribution in [3.63, 3.8) is 0 Å². The molecule has 5 heteroatoms. The second-order valence-corrected chi connectivity index (χ2v) is 6.15. The van der Waals surface area contributed by atoms with Crippen LogP contribution < -0.4 is 10.5 Å². The first kappa shape index (κ1) is 16.0. The number of Topliss-reactive ketones (excluding diaryl/α,β-unsaturated/α-hetero) is 1. The molecule has 0 amide bonds. The minimum absolute atomic E-state index is 0.0261. The van der Waals surface area contributed by atoms with Crippen LogP contribution in [0.5, 0.6) is 5.75 Å². The van der Waals surface area contributed by atoms with E-state index in [2.05, 4.69) is 12.0 Å². The Balaban J connectivity index is 2.20. The number of nitrogens with two attached hydrogens (primary N) is 1. The van der Waals surface area contributed by atoms with Crippen LogP contribution >= 0.6 is 0 Å². The van der Waals surface area contributed by atoms with Crippen LogP contribution in [0.3, 0.4) is 0 Å². The topological polar surface area (TPSA) is 70.1 Å². The van der Waals surface area contributed by atoms with Crippen molar-refractivity contribution in [2.24, 2.45) is 11.1 Å². The number of aryl methyl sites for hydroxylation is 1. The van der Waals surface area contributed by atoms with Crippen molar-refractivity contribution >= 4 is 5.78 Å². The van der Waals surface area contributed by atoms with Crippen LogP contribution in [-0.4, -0.2) is 29.2 Å². The lowest BCUT2D eigenvalue weighted by Gasteiger charge is -2.35. The number of nitrogens with zero attached hydrogens (tertiary/aromatic N) is 2. The summed E-state index contributed by atoms with van der Waals surface area (Å²) >= 11 is 0. The molecule has 1 aromatic heterocycles. The largest absolute Gasteiger partial charge is 0.493 e. The van der Waals surface area contributed by atoms with Crippen LogP contribution in [-0.2, 0) is 6.54 Å². The van der Waals surface area contributed by atoms with E-state index in [0.717, 1.165) is 25.8 Å². The van der Waals surface area contributed by atoms with Gasteiger partial charge in [0.25, 0.3) is 0 Å². The summed E-state index contributed by atoms with van der Waals surface area (Å²) in [5.74, 6) is 0.696. The van der Waals surface area contributed by atoms with Crippen molar-refractivity contribution in [2.45, 2.75) is 58.4 Å². The van der Waals surface area contributed by atoms with Gasteiger partial charge in [-0.15, -0.1) is 0 Å². The molecule has 2 N–H and O–H groups in total. The van der Waals surface area contributed by atoms with Gasteiger partial charge in [0.1, 0.15) is 5.69 Å². The van der Waals surface area contributed by atoms with Gasteiger partial charge in [-0.2, -0.15) is 5.10 Å². The van der Waals surface area contributed by atoms with E-state index in [1.54, 1.807) is 18.0 Å². The van der Waals surface area contributed by atoms with Crippen molar-refractivity contribution in [1.29, 1.82) is 0 Å². The summed E-state index contributed by atoms with van der Waals surface area (Å²) in [6.07, 6.45) is 8.80. The molecule has 118 valence electrons. The molecule has 2 rings (SSSR count). The van der Waals surface area contributed by atoms with E-state index in [0.29, 0.717) is 24.4 Å². The Morgan fingerprint density at radius 3 is 2.71 bits per heavy atom. The van der Waals surface area contributed by atoms with Crippen molar-refractivity contribution in [3.05, 3.63) is 11.9 Å². The number of hydrogen-bond acceptors (Lipinski definition) is 4. The Labute approximate surface area is 126 Å². The number of ketones is 1. The second kappa shape index (κ2) is 7.07. The number of aromatic nitrogens is 2. The molecule has 0 bridgehead atoms. The average molecular weight is 293 g/mol. The molecule has 0 spiro atoms. The molecule has 0 atom stereocenters. The Morgan fingerprint density at radius 2 is 2.14 bits per heavy atom. The molecule has 1 heterocycles. The molecule has 0 aliphatic heterocycles. The van der Waals surface area contributed by atoms with Crippen LogP contribution in [0.25, 0.3) is 0 Å². The zero-order valence-electron chi connectivity index (χ0n) is 13.2. The zero-order valence-corrected chi connectivity index (χ0v) is 13.2. The molecule has 1 aliphatic rings. The Kier molecular flexibility index (Phi) is 5.39. The highest BCUT2D eigenvalue weighted by Crippen LogP contribution is 2.39. The summed E-state index contributed by atoms with van der Waals surface area (Å²) in [6.45, 7) is 3.40. The molecule has 0 unspecified atom stereocenters. The molecular formula is C16H27N3O2. The molecule has 0 saturated heterocycles. The van der Waals surface area contributed by atoms with Gasteiger partial charge >= 0.3 is 0 Å². The fourth-order valence-electron chi connectivity index (χ4n) is 3.36. The molecule has 5 nitrogen and oxygen atoms in total. The van der Waals surface area contributed by atoms with Crippen LogP contribution in [0.1, 0.15) is 62.4 Å². The quantitative estimate of drug-likeness (QED) is 0.785. The van der Waals surface area contributed by atoms with E-state index < -0.39 is 0 Å². The van der Waals surface area contributed by atoms with Crippen molar-refractivity contribution < 1.29 is 9.53 Å². The Morgan fingerprint density at radius 1 is 1.43 bits per heavy atom. The number of rotatable bonds is 7. The van der Waals surface area contributed by atoms with Crippen molar-refractivity contribution in [2.75, 3.05) is 13.7 Å². The fourth-order valence-corrected chi connectivity index (χ4v) is 3.36. The molecular weight excluding hydrogens is 266 g/mol. The molecule has 0 aromatic carbocycles. The van der Waals surface area contributed by atoms with Crippen LogP contribution in [0.2, 0.25) is 0 Å². The molecule has 21 heavy (non-hydrogen) atoms. The average Bonchev–Trinajstić information content (AvgIpc) is 2.91. The fraction of sp³-hybridized carbons (Fsp3) is 0.750. The lowest BCUT2D eigenvalue weighted by molar-refractivity contribution is 0.0854. The maximum absolute atomic E-state index is 12.8. The lowest BCUT2D eigenvalue weighted by Crippen LogP contribution is -2.35. The first-order valence-corrected chi connectivity index (χ1v) is 7.99. The third-order valence-electron chi connectivity index (χ3n) is 4.61. The monoisotopic (exact) mass is 293 g/mol. The summed E-state index contributed by atoms with van der Waals surface area (Å²) in [7, 11) is 1.59. The summed E-state index contributed by atoms with van der Waals surface area (Å²) in [5, 5.41) is 4.28. The van der Waals surface area contributed by atoms with Crippen molar-refractivity contribution in [1.82, 2.24) is 9.78 Å². The van der Waals surface area contributed by atoms with E-state index in [9.17, 15) is 4.79 Å². The third-order valence-corrected chi connectivity index (χ3v) is 4.61. The van der Waals surface area contributed by atoms with Gasteiger partial charge in [-0.25, -0.2) is 0 Å². The minimum Gasteiger partial charge on any atom is -0.493 e. The van der Waals surface area contributed by atoms with Gasteiger partial charge in [0.2, 0.25) is 0 Å². The standard InChI is InChI=1S/C16H27N3O2/c1-3-9-19-15(14(21-2)11-18-19)13(20)10-16(12-17)7-5-4-6-8-16/h11H,3-10,12,17H2,1-2H3. The number of hydrogen-bond donors (Lipinski definition) is 1. The van der Waals surface area contributed by atoms with Crippen molar-refractivity contribution in [3.8, 4) is 5.75 Å². The predicted molar refractivity (Wildman–Crippen MR) is 82.6 cm³/mol. The number of carbonyl (C=O) groups is 1. The van der Waals surface area contributed by atoms with E-state index in [1.165, 1.54) is 19.3 Å². The first-order valence-electron chi connectivity index (χ1n) is 7.99. The molecule has 1 aromatic rings. The van der Waals surface area contributed by atoms with Crippen LogP contribution in [0.4, 0.5) is 0 Å². The lowest BCUT2D eigenvalue weighted by atomic mass is 9.70. The van der Waals surface area contributed by atoms with Gasteiger partial charge in [-0.3, -0.25) is 9.48 Å². The van der Waals surface area contributed by atoms with Gasteiger partial charge in [0.15, 0.2) is 11.5 Å². The van der Waals surface area contributed by atoms with E-state index in [4.69, 9.17) is 10.5 Å². The summed E-state index contributed by atoms with van der Waals surface area (Å²) in [4.78, 5) is 12.8. The first-order chi connectivity index (χ1) is 10.2. The minimum atomic E-state index is -0.0261. The van der Waals surface area contributed by atoms with E-state index in [1.807, 2.05) is 0 Å². The predicted octanol–water partition coefficient (Wildman–Crippen LogP) is 2.78. The van der Waals surface area contributed by atoms with Gasteiger partial charge in [-0.05, 0) is 31.2 Å². The molecule has 0 radical (unpaired) electrons. The normalized spacial score (nSPS) is 17.7. The summed E-state index contributed by atoms with van der Waals surface area (Å²) in [5.41, 5.74) is 6.58. The van der Waals surface area contributed by atoms with E-state index >= 15 is 0 Å². The maximum Gasteiger partial charge on any atom is 0.185 e.